The lowest BCUT2D eigenvalue weighted by molar-refractivity contribution is 0.469. The summed E-state index contributed by atoms with van der Waals surface area (Å²) in [5.41, 5.74) is 0. The predicted octanol–water partition coefficient (Wildman–Crippen LogP) is 3.01. The summed E-state index contributed by atoms with van der Waals surface area (Å²) in [6.45, 7) is 0.980. The van der Waals surface area contributed by atoms with Crippen LogP contribution in [0.1, 0.15) is 44.3 Å². The van der Waals surface area contributed by atoms with Gasteiger partial charge in [-0.25, -0.2) is 13.1 Å². The third-order valence-electron chi connectivity index (χ3n) is 3.90. The van der Waals surface area contributed by atoms with Gasteiger partial charge in [0.2, 0.25) is 10.0 Å². The Morgan fingerprint density at radius 2 is 2.10 bits per heavy atom. The van der Waals surface area contributed by atoms with E-state index in [0.29, 0.717) is 18.8 Å². The van der Waals surface area contributed by atoms with Gasteiger partial charge in [0.1, 0.15) is 10.7 Å². The first kappa shape index (κ1) is 17.0. The van der Waals surface area contributed by atoms with Crippen LogP contribution in [0.15, 0.2) is 20.0 Å². The zero-order valence-electron chi connectivity index (χ0n) is 12.3. The van der Waals surface area contributed by atoms with Gasteiger partial charge in [-0.2, -0.15) is 0 Å². The summed E-state index contributed by atoms with van der Waals surface area (Å²) in [4.78, 5) is 0.175. The van der Waals surface area contributed by atoms with E-state index in [1.165, 1.54) is 25.7 Å². The number of furan rings is 1. The molecule has 1 aromatic heterocycles. The molecule has 0 spiro atoms. The molecule has 0 saturated heterocycles. The van der Waals surface area contributed by atoms with Gasteiger partial charge >= 0.3 is 0 Å². The molecule has 0 atom stereocenters. The highest BCUT2D eigenvalue weighted by Gasteiger charge is 2.22. The van der Waals surface area contributed by atoms with Gasteiger partial charge in [-0.05, 0) is 41.7 Å². The number of nitrogens with one attached hydrogen (secondary N) is 2. The molecule has 0 amide bonds. The minimum Gasteiger partial charge on any atom is -0.452 e. The quantitative estimate of drug-likeness (QED) is 0.682. The van der Waals surface area contributed by atoms with Crippen LogP contribution in [0.5, 0.6) is 0 Å². The molecule has 120 valence electrons. The standard InChI is InChI=1S/C14H23BrN2O3S/c1-16-10-12-9-13(14(15)20-12)21(18,19)17-8-4-7-11-5-2-3-6-11/h9,11,16-17H,2-8,10H2,1H3. The fraction of sp³-hybridized carbons (Fsp3) is 0.714. The first-order chi connectivity index (χ1) is 10.0. The Kier molecular flexibility index (Phi) is 6.28. The molecule has 0 unspecified atom stereocenters. The molecule has 2 rings (SSSR count). The Morgan fingerprint density at radius 1 is 1.38 bits per heavy atom. The van der Waals surface area contributed by atoms with Crippen LogP contribution in [0, 0.1) is 5.92 Å². The average molecular weight is 379 g/mol. The summed E-state index contributed by atoms with van der Waals surface area (Å²) in [5.74, 6) is 1.38. The second-order valence-corrected chi connectivity index (χ2v) is 8.03. The molecule has 1 heterocycles. The van der Waals surface area contributed by atoms with E-state index in [2.05, 4.69) is 26.0 Å². The predicted molar refractivity (Wildman–Crippen MR) is 85.6 cm³/mol. The fourth-order valence-electron chi connectivity index (χ4n) is 2.82. The minimum atomic E-state index is -3.50. The van der Waals surface area contributed by atoms with Gasteiger partial charge in [0.25, 0.3) is 0 Å². The lowest BCUT2D eigenvalue weighted by atomic mass is 10.0. The van der Waals surface area contributed by atoms with Gasteiger partial charge in [0.05, 0.1) is 6.54 Å². The van der Waals surface area contributed by atoms with Crippen molar-refractivity contribution in [3.05, 3.63) is 16.5 Å². The van der Waals surface area contributed by atoms with Gasteiger partial charge < -0.3 is 9.73 Å². The van der Waals surface area contributed by atoms with Crippen LogP contribution in [-0.4, -0.2) is 22.0 Å². The summed E-state index contributed by atoms with van der Waals surface area (Å²) in [7, 11) is -1.72. The lowest BCUT2D eigenvalue weighted by Gasteiger charge is -2.09. The highest BCUT2D eigenvalue weighted by molar-refractivity contribution is 9.10. The van der Waals surface area contributed by atoms with Crippen LogP contribution >= 0.6 is 15.9 Å². The lowest BCUT2D eigenvalue weighted by Crippen LogP contribution is -2.25. The summed E-state index contributed by atoms with van der Waals surface area (Å²) in [6.07, 6.45) is 7.25. The topological polar surface area (TPSA) is 71.3 Å². The molecule has 0 aromatic carbocycles. The van der Waals surface area contributed by atoms with Crippen molar-refractivity contribution in [2.45, 2.75) is 50.0 Å². The number of sulfonamides is 1. The Labute approximate surface area is 135 Å². The molecule has 1 aliphatic carbocycles. The highest BCUT2D eigenvalue weighted by Crippen LogP contribution is 2.29. The van der Waals surface area contributed by atoms with Gasteiger partial charge in [-0.15, -0.1) is 0 Å². The second-order valence-electron chi connectivity index (χ2n) is 5.57. The van der Waals surface area contributed by atoms with E-state index in [1.54, 1.807) is 13.1 Å². The number of halogens is 1. The molecule has 0 radical (unpaired) electrons. The fourth-order valence-corrected chi connectivity index (χ4v) is 4.89. The normalized spacial score (nSPS) is 16.7. The molecule has 21 heavy (non-hydrogen) atoms. The first-order valence-electron chi connectivity index (χ1n) is 7.45. The van der Waals surface area contributed by atoms with Crippen molar-refractivity contribution in [3.63, 3.8) is 0 Å². The summed E-state index contributed by atoms with van der Waals surface area (Å²) in [5, 5.41) is 2.93. The van der Waals surface area contributed by atoms with Gasteiger partial charge in [0.15, 0.2) is 4.67 Å². The zero-order valence-corrected chi connectivity index (χ0v) is 14.7. The van der Waals surface area contributed by atoms with Crippen molar-refractivity contribution >= 4 is 26.0 Å². The van der Waals surface area contributed by atoms with Crippen molar-refractivity contribution in [2.24, 2.45) is 5.92 Å². The molecule has 0 aliphatic heterocycles. The van der Waals surface area contributed by atoms with Gasteiger partial charge in [-0.1, -0.05) is 25.7 Å². The van der Waals surface area contributed by atoms with E-state index >= 15 is 0 Å². The van der Waals surface area contributed by atoms with E-state index < -0.39 is 10.0 Å². The number of hydrogen-bond donors (Lipinski definition) is 2. The van der Waals surface area contributed by atoms with Crippen LogP contribution in [0.4, 0.5) is 0 Å². The van der Waals surface area contributed by atoms with Crippen LogP contribution < -0.4 is 10.0 Å². The maximum Gasteiger partial charge on any atom is 0.244 e. The molecule has 1 aliphatic rings. The maximum absolute atomic E-state index is 12.2. The molecular formula is C14H23BrN2O3S. The third kappa shape index (κ3) is 4.81. The van der Waals surface area contributed by atoms with E-state index in [1.807, 2.05) is 0 Å². The smallest absolute Gasteiger partial charge is 0.244 e. The van der Waals surface area contributed by atoms with Crippen molar-refractivity contribution < 1.29 is 12.8 Å². The van der Waals surface area contributed by atoms with E-state index in [0.717, 1.165) is 18.8 Å². The highest BCUT2D eigenvalue weighted by atomic mass is 79.9. The Hall–Kier alpha value is -0.370. The second kappa shape index (κ2) is 7.76. The van der Waals surface area contributed by atoms with Crippen molar-refractivity contribution in [2.75, 3.05) is 13.6 Å². The third-order valence-corrected chi connectivity index (χ3v) is 6.22. The summed E-state index contributed by atoms with van der Waals surface area (Å²) in [6, 6.07) is 1.56. The molecule has 1 aromatic rings. The monoisotopic (exact) mass is 378 g/mol. The van der Waals surface area contributed by atoms with Crippen molar-refractivity contribution in [1.29, 1.82) is 0 Å². The Balaban J connectivity index is 1.85. The zero-order chi connectivity index (χ0) is 15.3. The molecule has 1 fully saturated rings. The molecule has 1 saturated carbocycles. The van der Waals surface area contributed by atoms with Crippen LogP contribution in [0.25, 0.3) is 0 Å². The minimum absolute atomic E-state index is 0.175. The Bertz CT molecular complexity index is 551. The molecule has 0 bridgehead atoms. The van der Waals surface area contributed by atoms with Crippen LogP contribution in [0.3, 0.4) is 0 Å². The molecule has 2 N–H and O–H groups in total. The van der Waals surface area contributed by atoms with Crippen LogP contribution in [0.2, 0.25) is 0 Å². The number of rotatable bonds is 8. The largest absolute Gasteiger partial charge is 0.452 e. The molecule has 5 nitrogen and oxygen atoms in total. The van der Waals surface area contributed by atoms with E-state index in [-0.39, 0.29) is 9.56 Å². The maximum atomic E-state index is 12.2. The average Bonchev–Trinajstić information content (AvgIpc) is 3.05. The van der Waals surface area contributed by atoms with Crippen molar-refractivity contribution in [1.82, 2.24) is 10.0 Å². The molecule has 7 heteroatoms. The Morgan fingerprint density at radius 3 is 2.76 bits per heavy atom. The van der Waals surface area contributed by atoms with Crippen LogP contribution in [-0.2, 0) is 16.6 Å². The summed E-state index contributed by atoms with van der Waals surface area (Å²) >= 11 is 3.17. The van der Waals surface area contributed by atoms with Gasteiger partial charge in [0, 0.05) is 12.6 Å². The van der Waals surface area contributed by atoms with Crippen molar-refractivity contribution in [3.8, 4) is 0 Å². The SMILES string of the molecule is CNCc1cc(S(=O)(=O)NCCCC2CCCC2)c(Br)o1. The summed E-state index contributed by atoms with van der Waals surface area (Å²) < 4.78 is 32.8. The first-order valence-corrected chi connectivity index (χ1v) is 9.73. The molecular weight excluding hydrogens is 356 g/mol. The van der Waals surface area contributed by atoms with E-state index in [4.69, 9.17) is 4.42 Å². The van der Waals surface area contributed by atoms with E-state index in [9.17, 15) is 8.42 Å². The number of hydrogen-bond acceptors (Lipinski definition) is 4. The van der Waals surface area contributed by atoms with Gasteiger partial charge in [-0.3, -0.25) is 0 Å².